The van der Waals surface area contributed by atoms with Crippen molar-refractivity contribution in [2.45, 2.75) is 18.8 Å². The van der Waals surface area contributed by atoms with Crippen LogP contribution in [0, 0.1) is 0 Å². The number of aromatic amines is 1. The van der Waals surface area contributed by atoms with Crippen LogP contribution in [0.1, 0.15) is 24.3 Å². The third kappa shape index (κ3) is 2.68. The maximum atomic E-state index is 6.39. The molecule has 0 amide bonds. The van der Waals surface area contributed by atoms with E-state index in [0.29, 0.717) is 10.9 Å². The Morgan fingerprint density at radius 2 is 2.00 bits per heavy atom. The molecule has 0 bridgehead atoms. The molecule has 2 N–H and O–H groups in total. The SMILES string of the molecule is Clc1c[nH]c2nccc(-c3cc(N4CCNCC4)c(C4CC4)cn3)c12. The van der Waals surface area contributed by atoms with Gasteiger partial charge in [-0.25, -0.2) is 4.98 Å². The first-order valence-electron chi connectivity index (χ1n) is 8.89. The number of piperazine rings is 1. The molecule has 5 nitrogen and oxygen atoms in total. The maximum Gasteiger partial charge on any atom is 0.139 e. The normalized spacial score (nSPS) is 18.0. The highest BCUT2D eigenvalue weighted by molar-refractivity contribution is 6.36. The first kappa shape index (κ1) is 15.2. The van der Waals surface area contributed by atoms with E-state index in [1.165, 1.54) is 24.1 Å². The van der Waals surface area contributed by atoms with Crippen molar-refractivity contribution in [3.63, 3.8) is 0 Å². The van der Waals surface area contributed by atoms with Crippen LogP contribution in [-0.2, 0) is 0 Å². The van der Waals surface area contributed by atoms with Gasteiger partial charge in [-0.05, 0) is 36.5 Å². The zero-order chi connectivity index (χ0) is 16.8. The number of rotatable bonds is 3. The average Bonchev–Trinajstić information content (AvgIpc) is 3.45. The molecule has 0 atom stereocenters. The smallest absolute Gasteiger partial charge is 0.139 e. The van der Waals surface area contributed by atoms with Gasteiger partial charge in [-0.15, -0.1) is 0 Å². The predicted molar refractivity (Wildman–Crippen MR) is 101 cm³/mol. The van der Waals surface area contributed by atoms with Crippen LogP contribution in [0.25, 0.3) is 22.3 Å². The van der Waals surface area contributed by atoms with Crippen LogP contribution >= 0.6 is 11.6 Å². The standard InChI is InChI=1S/C19H20ClN5/c20-15-11-24-19-18(15)13(3-4-22-19)16-9-17(25-7-5-21-6-8-25)14(10-23-16)12-1-2-12/h3-4,9-12,21H,1-2,5-8H2,(H,22,24). The molecule has 0 aromatic carbocycles. The van der Waals surface area contributed by atoms with Gasteiger partial charge in [-0.1, -0.05) is 11.6 Å². The van der Waals surface area contributed by atoms with Crippen LogP contribution in [0.5, 0.6) is 0 Å². The molecule has 0 unspecified atom stereocenters. The van der Waals surface area contributed by atoms with E-state index in [1.54, 1.807) is 6.20 Å². The fourth-order valence-electron chi connectivity index (χ4n) is 3.72. The number of aromatic nitrogens is 3. The van der Waals surface area contributed by atoms with Crippen LogP contribution in [0.3, 0.4) is 0 Å². The molecule has 128 valence electrons. The second kappa shape index (κ2) is 6.00. The summed E-state index contributed by atoms with van der Waals surface area (Å²) in [5.74, 6) is 0.680. The molecule has 4 heterocycles. The molecule has 1 saturated carbocycles. The molecule has 1 aliphatic heterocycles. The van der Waals surface area contributed by atoms with E-state index in [-0.39, 0.29) is 0 Å². The Labute approximate surface area is 151 Å². The molecule has 6 heteroatoms. The van der Waals surface area contributed by atoms with Crippen LogP contribution in [0.4, 0.5) is 5.69 Å². The monoisotopic (exact) mass is 353 g/mol. The number of hydrogen-bond acceptors (Lipinski definition) is 4. The van der Waals surface area contributed by atoms with Gasteiger partial charge in [-0.3, -0.25) is 4.98 Å². The van der Waals surface area contributed by atoms with Gasteiger partial charge < -0.3 is 15.2 Å². The minimum Gasteiger partial charge on any atom is -0.369 e. The Morgan fingerprint density at radius 1 is 1.16 bits per heavy atom. The summed E-state index contributed by atoms with van der Waals surface area (Å²) in [6.07, 6.45) is 8.24. The minimum atomic E-state index is 0.680. The lowest BCUT2D eigenvalue weighted by Crippen LogP contribution is -2.43. The molecular weight excluding hydrogens is 334 g/mol. The van der Waals surface area contributed by atoms with Gasteiger partial charge >= 0.3 is 0 Å². The summed E-state index contributed by atoms with van der Waals surface area (Å²) in [6.45, 7) is 4.15. The first-order chi connectivity index (χ1) is 12.3. The van der Waals surface area contributed by atoms with Gasteiger partial charge in [0.1, 0.15) is 5.65 Å². The summed E-state index contributed by atoms with van der Waals surface area (Å²) < 4.78 is 0. The average molecular weight is 354 g/mol. The van der Waals surface area contributed by atoms with Gasteiger partial charge in [0.15, 0.2) is 0 Å². The highest BCUT2D eigenvalue weighted by Crippen LogP contribution is 2.45. The number of nitrogens with zero attached hydrogens (tertiary/aromatic N) is 3. The van der Waals surface area contributed by atoms with E-state index in [1.807, 2.05) is 12.3 Å². The molecule has 3 aromatic heterocycles. The number of halogens is 1. The van der Waals surface area contributed by atoms with Crippen molar-refractivity contribution < 1.29 is 0 Å². The number of fused-ring (bicyclic) bond motifs is 1. The first-order valence-corrected chi connectivity index (χ1v) is 9.26. The van der Waals surface area contributed by atoms with Crippen molar-refractivity contribution in [2.24, 2.45) is 0 Å². The maximum absolute atomic E-state index is 6.39. The number of pyridine rings is 2. The summed E-state index contributed by atoms with van der Waals surface area (Å²) in [6, 6.07) is 4.25. The van der Waals surface area contributed by atoms with E-state index < -0.39 is 0 Å². The summed E-state index contributed by atoms with van der Waals surface area (Å²) >= 11 is 6.39. The summed E-state index contributed by atoms with van der Waals surface area (Å²) in [5, 5.41) is 5.07. The second-order valence-electron chi connectivity index (χ2n) is 6.86. The van der Waals surface area contributed by atoms with E-state index in [9.17, 15) is 0 Å². The lowest BCUT2D eigenvalue weighted by atomic mass is 10.0. The Kier molecular flexibility index (Phi) is 3.64. The van der Waals surface area contributed by atoms with Gasteiger partial charge in [0, 0.05) is 61.4 Å². The Balaban J connectivity index is 1.65. The Hall–Kier alpha value is -2.11. The van der Waals surface area contributed by atoms with E-state index in [0.717, 1.165) is 48.5 Å². The molecule has 1 aliphatic carbocycles. The predicted octanol–water partition coefficient (Wildman–Crippen LogP) is 3.57. The fourth-order valence-corrected chi connectivity index (χ4v) is 3.97. The molecule has 25 heavy (non-hydrogen) atoms. The van der Waals surface area contributed by atoms with Crippen LogP contribution in [-0.4, -0.2) is 41.1 Å². The van der Waals surface area contributed by atoms with Crippen molar-refractivity contribution in [2.75, 3.05) is 31.1 Å². The fraction of sp³-hybridized carbons (Fsp3) is 0.368. The molecule has 0 radical (unpaired) electrons. The molecule has 0 spiro atoms. The minimum absolute atomic E-state index is 0.680. The van der Waals surface area contributed by atoms with Crippen molar-refractivity contribution in [3.8, 4) is 11.3 Å². The molecular formula is C19H20ClN5. The van der Waals surface area contributed by atoms with Crippen molar-refractivity contribution in [3.05, 3.63) is 41.3 Å². The van der Waals surface area contributed by atoms with Gasteiger partial charge in [0.25, 0.3) is 0 Å². The third-order valence-corrected chi connectivity index (χ3v) is 5.49. The molecule has 3 aromatic rings. The largest absolute Gasteiger partial charge is 0.369 e. The van der Waals surface area contributed by atoms with E-state index in [2.05, 4.69) is 32.4 Å². The quantitative estimate of drug-likeness (QED) is 0.755. The van der Waals surface area contributed by atoms with Gasteiger partial charge in [0.2, 0.25) is 0 Å². The van der Waals surface area contributed by atoms with Crippen molar-refractivity contribution >= 4 is 28.3 Å². The molecule has 5 rings (SSSR count). The van der Waals surface area contributed by atoms with Gasteiger partial charge in [0.05, 0.1) is 10.7 Å². The van der Waals surface area contributed by atoms with Crippen LogP contribution in [0.15, 0.2) is 30.7 Å². The van der Waals surface area contributed by atoms with E-state index in [4.69, 9.17) is 16.6 Å². The van der Waals surface area contributed by atoms with Crippen molar-refractivity contribution in [1.82, 2.24) is 20.3 Å². The summed E-state index contributed by atoms with van der Waals surface area (Å²) in [7, 11) is 0. The summed E-state index contributed by atoms with van der Waals surface area (Å²) in [5.41, 5.74) is 5.54. The van der Waals surface area contributed by atoms with Crippen LogP contribution in [0.2, 0.25) is 5.02 Å². The number of nitrogens with one attached hydrogen (secondary N) is 2. The second-order valence-corrected chi connectivity index (χ2v) is 7.27. The highest BCUT2D eigenvalue weighted by Gasteiger charge is 2.29. The van der Waals surface area contributed by atoms with Gasteiger partial charge in [-0.2, -0.15) is 0 Å². The summed E-state index contributed by atoms with van der Waals surface area (Å²) in [4.78, 5) is 14.8. The zero-order valence-electron chi connectivity index (χ0n) is 13.9. The number of hydrogen-bond donors (Lipinski definition) is 2. The molecule has 2 fully saturated rings. The highest BCUT2D eigenvalue weighted by atomic mass is 35.5. The number of anilines is 1. The van der Waals surface area contributed by atoms with Crippen LogP contribution < -0.4 is 10.2 Å². The Morgan fingerprint density at radius 3 is 2.80 bits per heavy atom. The Bertz CT molecular complexity index is 925. The zero-order valence-corrected chi connectivity index (χ0v) is 14.7. The molecule has 2 aliphatic rings. The third-order valence-electron chi connectivity index (χ3n) is 5.19. The topological polar surface area (TPSA) is 56.8 Å². The lowest BCUT2D eigenvalue weighted by Gasteiger charge is -2.31. The lowest BCUT2D eigenvalue weighted by molar-refractivity contribution is 0.587. The molecule has 1 saturated heterocycles. The van der Waals surface area contributed by atoms with Crippen molar-refractivity contribution in [1.29, 1.82) is 0 Å². The van der Waals surface area contributed by atoms with E-state index >= 15 is 0 Å². The number of H-pyrrole nitrogens is 1.